The molecule has 1 aromatic carbocycles. The van der Waals surface area contributed by atoms with Gasteiger partial charge in [0.2, 0.25) is 5.91 Å². The van der Waals surface area contributed by atoms with Crippen LogP contribution in [0, 0.1) is 0 Å². The Labute approximate surface area is 122 Å². The number of fused-ring (bicyclic) bond motifs is 1. The quantitative estimate of drug-likeness (QED) is 0.872. The maximum atomic E-state index is 12.1. The number of hydrogen-bond donors (Lipinski definition) is 1. The summed E-state index contributed by atoms with van der Waals surface area (Å²) in [5.41, 5.74) is 1.61. The number of aliphatic hydroxyl groups is 1. The SMILES string of the molecule is CCCCN(C)C(=O)Cn1c(=O)oc2cc(CO)ccc21. The molecule has 1 aromatic heterocycles. The fourth-order valence-corrected chi connectivity index (χ4v) is 2.13. The van der Waals surface area contributed by atoms with Gasteiger partial charge in [0, 0.05) is 13.6 Å². The number of aromatic nitrogens is 1. The van der Waals surface area contributed by atoms with Crippen molar-refractivity contribution in [3.8, 4) is 0 Å². The maximum Gasteiger partial charge on any atom is 0.420 e. The largest absolute Gasteiger partial charge is 0.420 e. The molecule has 0 atom stereocenters. The molecule has 0 aliphatic rings. The van der Waals surface area contributed by atoms with Gasteiger partial charge in [-0.25, -0.2) is 4.79 Å². The van der Waals surface area contributed by atoms with Crippen LogP contribution in [0.25, 0.3) is 11.1 Å². The molecule has 21 heavy (non-hydrogen) atoms. The Hall–Kier alpha value is -2.08. The van der Waals surface area contributed by atoms with Gasteiger partial charge in [0.1, 0.15) is 6.54 Å². The number of amides is 1. The summed E-state index contributed by atoms with van der Waals surface area (Å²) in [5.74, 6) is -0.684. The first-order valence-electron chi connectivity index (χ1n) is 7.04. The van der Waals surface area contributed by atoms with Crippen LogP contribution in [-0.4, -0.2) is 34.1 Å². The number of carbonyl (C=O) groups excluding carboxylic acids is 1. The fraction of sp³-hybridized carbons (Fsp3) is 0.467. The summed E-state index contributed by atoms with van der Waals surface area (Å²) in [4.78, 5) is 25.6. The van der Waals surface area contributed by atoms with Gasteiger partial charge in [0.05, 0.1) is 12.1 Å². The Morgan fingerprint density at radius 3 is 2.86 bits per heavy atom. The second kappa shape index (κ2) is 6.58. The normalized spacial score (nSPS) is 11.0. The molecule has 6 heteroatoms. The highest BCUT2D eigenvalue weighted by molar-refractivity contribution is 5.79. The molecule has 0 spiro atoms. The summed E-state index contributed by atoms with van der Waals surface area (Å²) in [5, 5.41) is 9.09. The monoisotopic (exact) mass is 292 g/mol. The molecule has 2 aromatic rings. The van der Waals surface area contributed by atoms with E-state index in [-0.39, 0.29) is 19.1 Å². The molecule has 0 saturated carbocycles. The second-order valence-electron chi connectivity index (χ2n) is 5.08. The van der Waals surface area contributed by atoms with Gasteiger partial charge in [0.15, 0.2) is 5.58 Å². The van der Waals surface area contributed by atoms with Gasteiger partial charge in [-0.2, -0.15) is 0 Å². The number of carbonyl (C=O) groups is 1. The number of rotatable bonds is 6. The zero-order valence-corrected chi connectivity index (χ0v) is 12.3. The fourth-order valence-electron chi connectivity index (χ4n) is 2.13. The molecule has 0 saturated heterocycles. The van der Waals surface area contributed by atoms with E-state index < -0.39 is 5.76 Å². The average molecular weight is 292 g/mol. The minimum atomic E-state index is -0.558. The molecule has 1 heterocycles. The van der Waals surface area contributed by atoms with Crippen LogP contribution in [0.3, 0.4) is 0 Å². The van der Waals surface area contributed by atoms with E-state index in [1.807, 2.05) is 0 Å². The Bertz CT molecular complexity index is 687. The second-order valence-corrected chi connectivity index (χ2v) is 5.08. The zero-order valence-electron chi connectivity index (χ0n) is 12.3. The molecule has 2 rings (SSSR count). The third-order valence-electron chi connectivity index (χ3n) is 3.48. The van der Waals surface area contributed by atoms with Crippen LogP contribution in [0.5, 0.6) is 0 Å². The number of aliphatic hydroxyl groups excluding tert-OH is 1. The Kier molecular flexibility index (Phi) is 4.80. The van der Waals surface area contributed by atoms with E-state index in [4.69, 9.17) is 9.52 Å². The summed E-state index contributed by atoms with van der Waals surface area (Å²) in [6.45, 7) is 2.58. The molecule has 1 amide bonds. The number of oxazole rings is 1. The van der Waals surface area contributed by atoms with Gasteiger partial charge >= 0.3 is 5.76 Å². The highest BCUT2D eigenvalue weighted by Gasteiger charge is 2.15. The summed E-state index contributed by atoms with van der Waals surface area (Å²) < 4.78 is 6.45. The van der Waals surface area contributed by atoms with Crippen LogP contribution in [-0.2, 0) is 17.9 Å². The van der Waals surface area contributed by atoms with Crippen LogP contribution in [0.15, 0.2) is 27.4 Å². The highest BCUT2D eigenvalue weighted by Crippen LogP contribution is 2.15. The van der Waals surface area contributed by atoms with Crippen LogP contribution >= 0.6 is 0 Å². The van der Waals surface area contributed by atoms with Gasteiger partial charge in [0.25, 0.3) is 0 Å². The van der Waals surface area contributed by atoms with Crippen LogP contribution in [0.2, 0.25) is 0 Å². The molecule has 0 unspecified atom stereocenters. The first-order chi connectivity index (χ1) is 10.1. The minimum Gasteiger partial charge on any atom is -0.408 e. The third kappa shape index (κ3) is 3.33. The molecule has 1 N–H and O–H groups in total. The molecule has 0 radical (unpaired) electrons. The van der Waals surface area contributed by atoms with E-state index in [0.29, 0.717) is 23.2 Å². The lowest BCUT2D eigenvalue weighted by Gasteiger charge is -2.16. The highest BCUT2D eigenvalue weighted by atomic mass is 16.4. The standard InChI is InChI=1S/C15H20N2O4/c1-3-4-7-16(2)14(19)9-17-12-6-5-11(10-18)8-13(12)21-15(17)20/h5-6,8,18H,3-4,7,9-10H2,1-2H3. The van der Waals surface area contributed by atoms with Gasteiger partial charge in [-0.15, -0.1) is 0 Å². The van der Waals surface area contributed by atoms with Crippen molar-refractivity contribution in [3.63, 3.8) is 0 Å². The topological polar surface area (TPSA) is 75.7 Å². The van der Waals surface area contributed by atoms with Gasteiger partial charge in [-0.05, 0) is 24.1 Å². The first kappa shape index (κ1) is 15.3. The number of nitrogens with zero attached hydrogens (tertiary/aromatic N) is 2. The van der Waals surface area contributed by atoms with Gasteiger partial charge < -0.3 is 14.4 Å². The minimum absolute atomic E-state index is 0.0372. The molecule has 0 bridgehead atoms. The lowest BCUT2D eigenvalue weighted by molar-refractivity contribution is -0.130. The van der Waals surface area contributed by atoms with Crippen LogP contribution in [0.4, 0.5) is 0 Å². The van der Waals surface area contributed by atoms with E-state index in [1.165, 1.54) is 4.57 Å². The van der Waals surface area contributed by atoms with E-state index in [1.54, 1.807) is 30.1 Å². The van der Waals surface area contributed by atoms with E-state index in [2.05, 4.69) is 6.92 Å². The van der Waals surface area contributed by atoms with E-state index in [9.17, 15) is 9.59 Å². The van der Waals surface area contributed by atoms with Crippen molar-refractivity contribution < 1.29 is 14.3 Å². The predicted octanol–water partition coefficient (Wildman–Crippen LogP) is 1.35. The smallest absolute Gasteiger partial charge is 0.408 e. The average Bonchev–Trinajstić information content (AvgIpc) is 2.79. The van der Waals surface area contributed by atoms with Crippen LogP contribution < -0.4 is 5.76 Å². The summed E-state index contributed by atoms with van der Waals surface area (Å²) in [6, 6.07) is 5.00. The number of likely N-dealkylation sites (N-methyl/N-ethyl adjacent to an activating group) is 1. The summed E-state index contributed by atoms with van der Waals surface area (Å²) in [7, 11) is 1.73. The zero-order chi connectivity index (χ0) is 15.4. The molecule has 0 fully saturated rings. The first-order valence-corrected chi connectivity index (χ1v) is 7.04. The predicted molar refractivity (Wildman–Crippen MR) is 78.9 cm³/mol. The summed E-state index contributed by atoms with van der Waals surface area (Å²) >= 11 is 0. The molecule has 6 nitrogen and oxygen atoms in total. The third-order valence-corrected chi connectivity index (χ3v) is 3.48. The van der Waals surface area contributed by atoms with E-state index in [0.717, 1.165) is 12.8 Å². The Balaban J connectivity index is 2.24. The Morgan fingerprint density at radius 1 is 1.43 bits per heavy atom. The van der Waals surface area contributed by atoms with Gasteiger partial charge in [-0.1, -0.05) is 19.4 Å². The van der Waals surface area contributed by atoms with Crippen molar-refractivity contribution in [2.45, 2.75) is 32.9 Å². The van der Waals surface area contributed by atoms with E-state index >= 15 is 0 Å². The molecular weight excluding hydrogens is 272 g/mol. The van der Waals surface area contributed by atoms with Crippen molar-refractivity contribution in [2.24, 2.45) is 0 Å². The van der Waals surface area contributed by atoms with Crippen LogP contribution in [0.1, 0.15) is 25.3 Å². The lowest BCUT2D eigenvalue weighted by Crippen LogP contribution is -2.33. The molecule has 0 aliphatic carbocycles. The molecule has 0 aliphatic heterocycles. The van der Waals surface area contributed by atoms with Crippen molar-refractivity contribution in [3.05, 3.63) is 34.3 Å². The number of hydrogen-bond acceptors (Lipinski definition) is 4. The van der Waals surface area contributed by atoms with Gasteiger partial charge in [-0.3, -0.25) is 9.36 Å². The lowest BCUT2D eigenvalue weighted by atomic mass is 10.2. The molecule has 114 valence electrons. The number of benzene rings is 1. The molecular formula is C15H20N2O4. The van der Waals surface area contributed by atoms with Crippen molar-refractivity contribution in [1.29, 1.82) is 0 Å². The summed E-state index contributed by atoms with van der Waals surface area (Å²) in [6.07, 6.45) is 1.94. The number of unbranched alkanes of at least 4 members (excludes halogenated alkanes) is 1. The van der Waals surface area contributed by atoms with Crippen molar-refractivity contribution >= 4 is 17.0 Å². The van der Waals surface area contributed by atoms with Crippen molar-refractivity contribution in [2.75, 3.05) is 13.6 Å². The Morgan fingerprint density at radius 2 is 2.19 bits per heavy atom. The van der Waals surface area contributed by atoms with Crippen molar-refractivity contribution in [1.82, 2.24) is 9.47 Å². The maximum absolute atomic E-state index is 12.1.